The number of hydrogen-bond donors (Lipinski definition) is 0. The van der Waals surface area contributed by atoms with Gasteiger partial charge in [-0.15, -0.1) is 0 Å². The molecule has 0 aromatic rings. The van der Waals surface area contributed by atoms with E-state index in [2.05, 4.69) is 58.8 Å². The zero-order valence-electron chi connectivity index (χ0n) is 9.89. The van der Waals surface area contributed by atoms with Crippen molar-refractivity contribution in [2.24, 2.45) is 5.41 Å². The van der Waals surface area contributed by atoms with Gasteiger partial charge >= 0.3 is 0 Å². The molecular weight excluding hydrogens is 164 g/mol. The lowest BCUT2D eigenvalue weighted by molar-refractivity contribution is -0.0113. The van der Waals surface area contributed by atoms with Crippen LogP contribution in [0.15, 0.2) is 0 Å². The summed E-state index contributed by atoms with van der Waals surface area (Å²) in [5.41, 5.74) is 0.312. The number of nitrogens with zero attached hydrogens (tertiary/aromatic N) is 2. The van der Waals surface area contributed by atoms with Crippen LogP contribution in [0.3, 0.4) is 0 Å². The third-order valence-corrected chi connectivity index (χ3v) is 6.45. The van der Waals surface area contributed by atoms with Crippen molar-refractivity contribution in [3.63, 3.8) is 0 Å². The molecule has 3 heteroatoms. The first-order chi connectivity index (χ1) is 5.14. The van der Waals surface area contributed by atoms with Crippen molar-refractivity contribution < 1.29 is 0 Å². The van der Waals surface area contributed by atoms with Gasteiger partial charge in [-0.05, 0) is 33.6 Å². The van der Waals surface area contributed by atoms with E-state index in [1.165, 1.54) is 0 Å². The Morgan fingerprint density at radius 1 is 0.833 bits per heavy atom. The quantitative estimate of drug-likeness (QED) is 0.450. The summed E-state index contributed by atoms with van der Waals surface area (Å²) in [6.07, 6.45) is 0. The van der Waals surface area contributed by atoms with E-state index in [9.17, 15) is 0 Å². The highest BCUT2D eigenvalue weighted by Crippen LogP contribution is 2.32. The summed E-state index contributed by atoms with van der Waals surface area (Å²) >= 11 is 0. The minimum Gasteiger partial charge on any atom is -0.295 e. The van der Waals surface area contributed by atoms with Crippen molar-refractivity contribution >= 4 is 10.2 Å². The summed E-state index contributed by atoms with van der Waals surface area (Å²) in [6, 6.07) is 0. The standard InChI is InChI=1S/C9H24N2Si/c1-8(2,3)9(12,10(4)5)11(6)7/h1-7,12H3. The molecule has 0 bridgehead atoms. The van der Waals surface area contributed by atoms with Crippen molar-refractivity contribution in [1.29, 1.82) is 0 Å². The molecule has 0 aliphatic carbocycles. The predicted molar refractivity (Wildman–Crippen MR) is 59.5 cm³/mol. The smallest absolute Gasteiger partial charge is 0.0559 e. The lowest BCUT2D eigenvalue weighted by Crippen LogP contribution is -2.63. The molecule has 74 valence electrons. The zero-order valence-corrected chi connectivity index (χ0v) is 11.9. The van der Waals surface area contributed by atoms with E-state index in [1.54, 1.807) is 0 Å². The molecule has 0 heterocycles. The average Bonchev–Trinajstić information content (AvgIpc) is 1.82. The van der Waals surface area contributed by atoms with E-state index in [-0.39, 0.29) is 5.29 Å². The Balaban J connectivity index is 4.89. The van der Waals surface area contributed by atoms with Gasteiger partial charge in [0.25, 0.3) is 0 Å². The maximum Gasteiger partial charge on any atom is 0.0559 e. The lowest BCUT2D eigenvalue weighted by Gasteiger charge is -2.52. The Labute approximate surface area is 80.3 Å². The monoisotopic (exact) mass is 188 g/mol. The van der Waals surface area contributed by atoms with Crippen LogP contribution in [-0.4, -0.2) is 53.5 Å². The predicted octanol–water partition coefficient (Wildman–Crippen LogP) is 0.175. The lowest BCUT2D eigenvalue weighted by atomic mass is 9.90. The van der Waals surface area contributed by atoms with Crippen molar-refractivity contribution in [2.75, 3.05) is 28.2 Å². The molecule has 0 amide bonds. The van der Waals surface area contributed by atoms with Crippen molar-refractivity contribution in [2.45, 2.75) is 26.1 Å². The third kappa shape index (κ3) is 1.89. The third-order valence-electron chi connectivity index (χ3n) is 3.16. The van der Waals surface area contributed by atoms with Crippen LogP contribution >= 0.6 is 0 Å². The van der Waals surface area contributed by atoms with Crippen LogP contribution in [0.5, 0.6) is 0 Å². The summed E-state index contributed by atoms with van der Waals surface area (Å²) in [5, 5.41) is 0.243. The molecule has 12 heavy (non-hydrogen) atoms. The first-order valence-electron chi connectivity index (χ1n) is 4.49. The molecule has 0 atom stereocenters. The highest BCUT2D eigenvalue weighted by Gasteiger charge is 2.40. The summed E-state index contributed by atoms with van der Waals surface area (Å²) in [5.74, 6) is 0. The van der Waals surface area contributed by atoms with E-state index >= 15 is 0 Å². The SMILES string of the molecule is CN(C)C([SiH3])(N(C)C)C(C)(C)C. The summed E-state index contributed by atoms with van der Waals surface area (Å²) in [4.78, 5) is 4.67. The highest BCUT2D eigenvalue weighted by atomic mass is 28.1. The summed E-state index contributed by atoms with van der Waals surface area (Å²) in [6.45, 7) is 6.92. The maximum atomic E-state index is 2.33. The minimum absolute atomic E-state index is 0.243. The van der Waals surface area contributed by atoms with Crippen LogP contribution in [0.25, 0.3) is 0 Å². The second-order valence-electron chi connectivity index (χ2n) is 5.06. The van der Waals surface area contributed by atoms with Crippen LogP contribution < -0.4 is 0 Å². The normalized spacial score (nSPS) is 14.8. The molecule has 0 spiro atoms. The fourth-order valence-electron chi connectivity index (χ4n) is 1.74. The molecule has 0 radical (unpaired) electrons. The van der Waals surface area contributed by atoms with Crippen LogP contribution in [0.1, 0.15) is 20.8 Å². The van der Waals surface area contributed by atoms with Gasteiger partial charge in [0.15, 0.2) is 0 Å². The summed E-state index contributed by atoms with van der Waals surface area (Å²) < 4.78 is 0. The van der Waals surface area contributed by atoms with E-state index < -0.39 is 0 Å². The molecule has 0 aliphatic rings. The summed E-state index contributed by atoms with van der Waals surface area (Å²) in [7, 11) is 9.81. The van der Waals surface area contributed by atoms with Crippen LogP contribution in [0.2, 0.25) is 0 Å². The molecule has 0 unspecified atom stereocenters. The molecule has 0 N–H and O–H groups in total. The molecular formula is C9H24N2Si. The van der Waals surface area contributed by atoms with Crippen molar-refractivity contribution in [3.05, 3.63) is 0 Å². The maximum absolute atomic E-state index is 2.33. The van der Waals surface area contributed by atoms with Crippen LogP contribution in [0, 0.1) is 5.41 Å². The Hall–Kier alpha value is 0.137. The molecule has 0 fully saturated rings. The van der Waals surface area contributed by atoms with Crippen LogP contribution in [0.4, 0.5) is 0 Å². The zero-order chi connectivity index (χ0) is 10.2. The molecule has 0 aromatic carbocycles. The molecule has 0 rings (SSSR count). The van der Waals surface area contributed by atoms with Gasteiger partial charge in [-0.1, -0.05) is 20.8 Å². The minimum atomic E-state index is 0.243. The fraction of sp³-hybridized carbons (Fsp3) is 1.00. The van der Waals surface area contributed by atoms with Gasteiger partial charge in [0.1, 0.15) is 0 Å². The Bertz CT molecular complexity index is 139. The van der Waals surface area contributed by atoms with Crippen molar-refractivity contribution in [3.8, 4) is 0 Å². The first kappa shape index (κ1) is 12.1. The van der Waals surface area contributed by atoms with E-state index in [1.807, 2.05) is 0 Å². The molecule has 0 saturated heterocycles. The number of rotatable bonds is 2. The van der Waals surface area contributed by atoms with Crippen molar-refractivity contribution in [1.82, 2.24) is 9.80 Å². The van der Waals surface area contributed by atoms with Gasteiger partial charge in [-0.25, -0.2) is 0 Å². The Morgan fingerprint density at radius 3 is 1.08 bits per heavy atom. The second kappa shape index (κ2) is 3.48. The Kier molecular flexibility index (Phi) is 3.52. The van der Waals surface area contributed by atoms with Gasteiger partial charge in [-0.3, -0.25) is 9.80 Å². The van der Waals surface area contributed by atoms with Gasteiger partial charge in [-0.2, -0.15) is 0 Å². The molecule has 0 aliphatic heterocycles. The van der Waals surface area contributed by atoms with Gasteiger partial charge in [0.2, 0.25) is 0 Å². The first-order valence-corrected chi connectivity index (χ1v) is 5.49. The second-order valence-corrected chi connectivity index (χ2v) is 6.45. The van der Waals surface area contributed by atoms with Gasteiger partial charge in [0, 0.05) is 10.2 Å². The highest BCUT2D eigenvalue weighted by molar-refractivity contribution is 6.15. The van der Waals surface area contributed by atoms with E-state index in [4.69, 9.17) is 0 Å². The fourth-order valence-corrected chi connectivity index (χ4v) is 1.74. The van der Waals surface area contributed by atoms with Gasteiger partial charge < -0.3 is 0 Å². The van der Waals surface area contributed by atoms with E-state index in [0.717, 1.165) is 10.2 Å². The van der Waals surface area contributed by atoms with Gasteiger partial charge in [0.05, 0.1) is 5.29 Å². The van der Waals surface area contributed by atoms with E-state index in [0.29, 0.717) is 5.41 Å². The largest absolute Gasteiger partial charge is 0.295 e. The topological polar surface area (TPSA) is 6.48 Å². The Morgan fingerprint density at radius 2 is 1.08 bits per heavy atom. The average molecular weight is 188 g/mol. The van der Waals surface area contributed by atoms with Crippen LogP contribution in [-0.2, 0) is 0 Å². The molecule has 0 aromatic heterocycles. The molecule has 0 saturated carbocycles. The number of hydrogen-bond acceptors (Lipinski definition) is 2. The molecule has 2 nitrogen and oxygen atoms in total.